The van der Waals surface area contributed by atoms with E-state index in [-0.39, 0.29) is 5.56 Å². The van der Waals surface area contributed by atoms with E-state index in [4.69, 9.17) is 10.8 Å². The number of carboxylic acid groups (broad SMARTS) is 1. The zero-order chi connectivity index (χ0) is 12.0. The zero-order valence-electron chi connectivity index (χ0n) is 9.47. The van der Waals surface area contributed by atoms with Crippen molar-refractivity contribution in [3.05, 3.63) is 17.8 Å². The lowest BCUT2D eigenvalue weighted by Crippen LogP contribution is -2.33. The molecule has 5 heteroatoms. The lowest BCUT2D eigenvalue weighted by molar-refractivity contribution is 0.0698. The van der Waals surface area contributed by atoms with Gasteiger partial charge in [-0.05, 0) is 31.2 Å². The molecule has 0 spiro atoms. The van der Waals surface area contributed by atoms with Gasteiger partial charge in [0.2, 0.25) is 0 Å². The molecule has 90 valence electrons. The number of anilines is 2. The number of pyridine rings is 1. The Balaban J connectivity index is 1.98. The molecule has 1 saturated carbocycles. The third kappa shape index (κ3) is 1.53. The van der Waals surface area contributed by atoms with Crippen LogP contribution in [0.5, 0.6) is 0 Å². The number of nitrogen functional groups attached to an aromatic ring is 1. The molecular formula is C12H15N3O2. The summed E-state index contributed by atoms with van der Waals surface area (Å²) in [5.41, 5.74) is 6.36. The van der Waals surface area contributed by atoms with Crippen molar-refractivity contribution in [2.24, 2.45) is 5.92 Å². The maximum Gasteiger partial charge on any atom is 0.337 e. The lowest BCUT2D eigenvalue weighted by Gasteiger charge is -2.29. The number of nitrogens with zero attached hydrogens (tertiary/aromatic N) is 2. The third-order valence-corrected chi connectivity index (χ3v) is 3.88. The van der Waals surface area contributed by atoms with Gasteiger partial charge in [0.15, 0.2) is 5.82 Å². The molecular weight excluding hydrogens is 218 g/mol. The van der Waals surface area contributed by atoms with Crippen LogP contribution in [0.4, 0.5) is 11.5 Å². The van der Waals surface area contributed by atoms with Crippen molar-refractivity contribution in [1.82, 2.24) is 4.98 Å². The average Bonchev–Trinajstić information content (AvgIpc) is 2.90. The fourth-order valence-electron chi connectivity index (χ4n) is 3.06. The summed E-state index contributed by atoms with van der Waals surface area (Å²) in [6, 6.07) is 1.95. The first-order valence-corrected chi connectivity index (χ1v) is 5.91. The summed E-state index contributed by atoms with van der Waals surface area (Å²) >= 11 is 0. The maximum absolute atomic E-state index is 11.0. The van der Waals surface area contributed by atoms with E-state index in [2.05, 4.69) is 9.88 Å². The van der Waals surface area contributed by atoms with Gasteiger partial charge >= 0.3 is 5.97 Å². The van der Waals surface area contributed by atoms with Crippen molar-refractivity contribution >= 4 is 17.5 Å². The minimum Gasteiger partial charge on any atom is -0.478 e. The lowest BCUT2D eigenvalue weighted by atomic mass is 10.1. The van der Waals surface area contributed by atoms with E-state index < -0.39 is 5.97 Å². The maximum atomic E-state index is 11.0. The molecule has 2 unspecified atom stereocenters. The number of carboxylic acids is 1. The minimum atomic E-state index is -0.990. The molecule has 3 N–H and O–H groups in total. The van der Waals surface area contributed by atoms with Crippen molar-refractivity contribution in [2.75, 3.05) is 17.2 Å². The number of carbonyl (C=O) groups is 1. The predicted octanol–water partition coefficient (Wildman–Crippen LogP) is 1.35. The average molecular weight is 233 g/mol. The predicted molar refractivity (Wildman–Crippen MR) is 64.1 cm³/mol. The Labute approximate surface area is 99.2 Å². The Morgan fingerprint density at radius 1 is 1.53 bits per heavy atom. The molecule has 0 aromatic carbocycles. The topological polar surface area (TPSA) is 79.5 Å². The highest BCUT2D eigenvalue weighted by atomic mass is 16.4. The summed E-state index contributed by atoms with van der Waals surface area (Å²) in [6.07, 6.45) is 5.17. The molecule has 0 amide bonds. The van der Waals surface area contributed by atoms with Gasteiger partial charge in [-0.3, -0.25) is 0 Å². The molecule has 2 heterocycles. The van der Waals surface area contributed by atoms with E-state index in [1.54, 1.807) is 0 Å². The molecule has 1 saturated heterocycles. The van der Waals surface area contributed by atoms with Gasteiger partial charge in [0.05, 0.1) is 11.3 Å². The quantitative estimate of drug-likeness (QED) is 0.806. The van der Waals surface area contributed by atoms with Crippen LogP contribution in [0.1, 0.15) is 29.6 Å². The van der Waals surface area contributed by atoms with Gasteiger partial charge in [-0.1, -0.05) is 0 Å². The second-order valence-electron chi connectivity index (χ2n) is 4.89. The normalized spacial score (nSPS) is 26.5. The largest absolute Gasteiger partial charge is 0.478 e. The van der Waals surface area contributed by atoms with Crippen LogP contribution in [-0.4, -0.2) is 28.6 Å². The molecule has 1 aromatic rings. The molecule has 1 aliphatic carbocycles. The molecule has 2 atom stereocenters. The van der Waals surface area contributed by atoms with Crippen molar-refractivity contribution in [3.8, 4) is 0 Å². The van der Waals surface area contributed by atoms with Crippen LogP contribution in [0.2, 0.25) is 0 Å². The third-order valence-electron chi connectivity index (χ3n) is 3.88. The number of nitrogens with two attached hydrogens (primary N) is 1. The highest BCUT2D eigenvalue weighted by Gasteiger charge is 2.39. The monoisotopic (exact) mass is 233 g/mol. The standard InChI is InChI=1S/C12H15N3O2/c13-10-9(12(16)17)3-4-14-11(10)15-6-7-1-2-8(15)5-7/h3-4,7-8H,1-2,5-6,13H2,(H,16,17). The van der Waals surface area contributed by atoms with Crippen LogP contribution >= 0.6 is 0 Å². The fourth-order valence-corrected chi connectivity index (χ4v) is 3.06. The summed E-state index contributed by atoms with van der Waals surface area (Å²) < 4.78 is 0. The van der Waals surface area contributed by atoms with Crippen molar-refractivity contribution in [2.45, 2.75) is 25.3 Å². The van der Waals surface area contributed by atoms with E-state index in [0.717, 1.165) is 12.5 Å². The Kier molecular flexibility index (Phi) is 2.21. The first-order valence-electron chi connectivity index (χ1n) is 5.91. The molecule has 1 aliphatic heterocycles. The Hall–Kier alpha value is -1.78. The van der Waals surface area contributed by atoms with Crippen LogP contribution in [-0.2, 0) is 0 Å². The number of hydrogen-bond acceptors (Lipinski definition) is 4. The van der Waals surface area contributed by atoms with E-state index in [1.165, 1.54) is 31.5 Å². The van der Waals surface area contributed by atoms with E-state index in [9.17, 15) is 4.79 Å². The van der Waals surface area contributed by atoms with E-state index >= 15 is 0 Å². The molecule has 0 radical (unpaired) electrons. The Morgan fingerprint density at radius 2 is 2.35 bits per heavy atom. The Bertz CT molecular complexity index is 475. The highest BCUT2D eigenvalue weighted by Crippen LogP contribution is 2.41. The first-order chi connectivity index (χ1) is 8.16. The molecule has 1 aromatic heterocycles. The Morgan fingerprint density at radius 3 is 2.94 bits per heavy atom. The number of aromatic nitrogens is 1. The summed E-state index contributed by atoms with van der Waals surface area (Å²) in [4.78, 5) is 17.5. The summed E-state index contributed by atoms with van der Waals surface area (Å²) in [6.45, 7) is 0.963. The van der Waals surface area contributed by atoms with Crippen LogP contribution in [0.15, 0.2) is 12.3 Å². The number of rotatable bonds is 2. The van der Waals surface area contributed by atoms with Crippen molar-refractivity contribution < 1.29 is 9.90 Å². The fraction of sp³-hybridized carbons (Fsp3) is 0.500. The number of fused-ring (bicyclic) bond motifs is 2. The molecule has 2 aliphatic rings. The molecule has 2 fully saturated rings. The summed E-state index contributed by atoms with van der Waals surface area (Å²) in [7, 11) is 0. The zero-order valence-corrected chi connectivity index (χ0v) is 9.47. The second-order valence-corrected chi connectivity index (χ2v) is 4.89. The summed E-state index contributed by atoms with van der Waals surface area (Å²) in [5.74, 6) is 0.391. The SMILES string of the molecule is Nc1c(C(=O)O)ccnc1N1CC2CCC1C2. The van der Waals surface area contributed by atoms with Crippen molar-refractivity contribution in [3.63, 3.8) is 0 Å². The number of aromatic carboxylic acids is 1. The van der Waals surface area contributed by atoms with Gasteiger partial charge in [0, 0.05) is 18.8 Å². The molecule has 3 rings (SSSR count). The number of hydrogen-bond donors (Lipinski definition) is 2. The van der Waals surface area contributed by atoms with Gasteiger partial charge in [-0.25, -0.2) is 9.78 Å². The highest BCUT2D eigenvalue weighted by molar-refractivity contribution is 5.96. The van der Waals surface area contributed by atoms with Gasteiger partial charge < -0.3 is 15.7 Å². The van der Waals surface area contributed by atoms with E-state index in [0.29, 0.717) is 17.5 Å². The van der Waals surface area contributed by atoms with Crippen molar-refractivity contribution in [1.29, 1.82) is 0 Å². The number of piperidine rings is 1. The molecule has 2 bridgehead atoms. The second kappa shape index (κ2) is 3.61. The van der Waals surface area contributed by atoms with Crippen LogP contribution < -0.4 is 10.6 Å². The van der Waals surface area contributed by atoms with E-state index in [1.807, 2.05) is 0 Å². The van der Waals surface area contributed by atoms with Crippen LogP contribution in [0.25, 0.3) is 0 Å². The van der Waals surface area contributed by atoms with Gasteiger partial charge in [0.1, 0.15) is 0 Å². The molecule has 5 nitrogen and oxygen atoms in total. The van der Waals surface area contributed by atoms with Gasteiger partial charge in [-0.2, -0.15) is 0 Å². The van der Waals surface area contributed by atoms with Crippen LogP contribution in [0.3, 0.4) is 0 Å². The minimum absolute atomic E-state index is 0.151. The van der Waals surface area contributed by atoms with Gasteiger partial charge in [0.25, 0.3) is 0 Å². The smallest absolute Gasteiger partial charge is 0.337 e. The van der Waals surface area contributed by atoms with Gasteiger partial charge in [-0.15, -0.1) is 0 Å². The summed E-state index contributed by atoms with van der Waals surface area (Å²) in [5, 5.41) is 9.04. The molecule has 17 heavy (non-hydrogen) atoms. The van der Waals surface area contributed by atoms with Crippen LogP contribution in [0, 0.1) is 5.92 Å². The first kappa shape index (κ1) is 10.4.